The first kappa shape index (κ1) is 9.61. The summed E-state index contributed by atoms with van der Waals surface area (Å²) in [7, 11) is 0. The van der Waals surface area contributed by atoms with E-state index in [1.165, 1.54) is 0 Å². The molecule has 0 nitrogen and oxygen atoms in total. The van der Waals surface area contributed by atoms with E-state index in [9.17, 15) is 13.2 Å². The summed E-state index contributed by atoms with van der Waals surface area (Å²) in [6.45, 7) is 0. The first-order valence-electron chi connectivity index (χ1n) is 3.72. The zero-order chi connectivity index (χ0) is 8.48. The van der Waals surface area contributed by atoms with E-state index in [4.69, 9.17) is 0 Å². The summed E-state index contributed by atoms with van der Waals surface area (Å²) in [5, 5.41) is 0. The highest BCUT2D eigenvalue weighted by Crippen LogP contribution is 2.41. The van der Waals surface area contributed by atoms with Crippen molar-refractivity contribution in [3.05, 3.63) is 0 Å². The SMILES string of the molecule is FC(F)(F)C1CCCCC1I. The molecule has 1 aliphatic carbocycles. The lowest BCUT2D eigenvalue weighted by Gasteiger charge is -2.28. The molecular weight excluding hydrogens is 268 g/mol. The van der Waals surface area contributed by atoms with Gasteiger partial charge < -0.3 is 0 Å². The van der Waals surface area contributed by atoms with Crippen LogP contribution in [-0.2, 0) is 0 Å². The molecule has 0 heterocycles. The van der Waals surface area contributed by atoms with Crippen molar-refractivity contribution in [2.45, 2.75) is 35.8 Å². The van der Waals surface area contributed by atoms with Gasteiger partial charge in [-0.05, 0) is 12.8 Å². The lowest BCUT2D eigenvalue weighted by Crippen LogP contribution is -2.33. The standard InChI is InChI=1S/C7H10F3I/c8-7(9,10)5-3-1-2-4-6(5)11/h5-6H,1-4H2. The Balaban J connectivity index is 2.55. The van der Waals surface area contributed by atoms with Crippen LogP contribution < -0.4 is 0 Å². The third kappa shape index (κ3) is 2.49. The maximum atomic E-state index is 12.2. The number of rotatable bonds is 0. The largest absolute Gasteiger partial charge is 0.392 e. The Bertz CT molecular complexity index is 132. The predicted octanol–water partition coefficient (Wildman–Crippen LogP) is 3.54. The first-order chi connectivity index (χ1) is 5.02. The molecule has 0 aromatic carbocycles. The van der Waals surface area contributed by atoms with Crippen LogP contribution in [0.25, 0.3) is 0 Å². The van der Waals surface area contributed by atoms with Gasteiger partial charge >= 0.3 is 6.18 Å². The molecule has 2 atom stereocenters. The van der Waals surface area contributed by atoms with Gasteiger partial charge in [0.05, 0.1) is 5.92 Å². The van der Waals surface area contributed by atoms with Crippen LogP contribution in [0.4, 0.5) is 13.2 Å². The van der Waals surface area contributed by atoms with Crippen LogP contribution in [0, 0.1) is 5.92 Å². The van der Waals surface area contributed by atoms with Gasteiger partial charge in [0.1, 0.15) is 0 Å². The van der Waals surface area contributed by atoms with E-state index in [0.29, 0.717) is 6.42 Å². The topological polar surface area (TPSA) is 0 Å². The summed E-state index contributed by atoms with van der Waals surface area (Å²) < 4.78 is 36.4. The number of hydrogen-bond acceptors (Lipinski definition) is 0. The fraction of sp³-hybridized carbons (Fsp3) is 1.00. The van der Waals surface area contributed by atoms with Crippen LogP contribution in [0.2, 0.25) is 0 Å². The van der Waals surface area contributed by atoms with E-state index in [2.05, 4.69) is 0 Å². The van der Waals surface area contributed by atoms with Gasteiger partial charge in [0.25, 0.3) is 0 Å². The fourth-order valence-electron chi connectivity index (χ4n) is 1.45. The van der Waals surface area contributed by atoms with Crippen molar-refractivity contribution >= 4 is 22.6 Å². The van der Waals surface area contributed by atoms with Crippen molar-refractivity contribution in [2.75, 3.05) is 0 Å². The molecule has 0 aromatic rings. The van der Waals surface area contributed by atoms with Gasteiger partial charge in [-0.25, -0.2) is 0 Å². The van der Waals surface area contributed by atoms with Gasteiger partial charge in [-0.3, -0.25) is 0 Å². The summed E-state index contributed by atoms with van der Waals surface area (Å²) >= 11 is 1.92. The normalized spacial score (nSPS) is 33.8. The molecule has 2 unspecified atom stereocenters. The Morgan fingerprint density at radius 1 is 1.09 bits per heavy atom. The highest BCUT2D eigenvalue weighted by atomic mass is 127. The second kappa shape index (κ2) is 3.49. The predicted molar refractivity (Wildman–Crippen MR) is 45.8 cm³/mol. The zero-order valence-corrected chi connectivity index (χ0v) is 8.15. The highest BCUT2D eigenvalue weighted by molar-refractivity contribution is 14.1. The van der Waals surface area contributed by atoms with Crippen molar-refractivity contribution in [2.24, 2.45) is 5.92 Å². The molecule has 0 aliphatic heterocycles. The van der Waals surface area contributed by atoms with Crippen LogP contribution >= 0.6 is 22.6 Å². The van der Waals surface area contributed by atoms with E-state index in [0.717, 1.165) is 19.3 Å². The van der Waals surface area contributed by atoms with Crippen molar-refractivity contribution < 1.29 is 13.2 Å². The van der Waals surface area contributed by atoms with E-state index in [-0.39, 0.29) is 3.92 Å². The number of hydrogen-bond donors (Lipinski definition) is 0. The van der Waals surface area contributed by atoms with Crippen molar-refractivity contribution in [1.29, 1.82) is 0 Å². The van der Waals surface area contributed by atoms with Gasteiger partial charge in [0, 0.05) is 3.92 Å². The Kier molecular flexibility index (Phi) is 3.05. The molecule has 0 saturated heterocycles. The molecule has 0 radical (unpaired) electrons. The Morgan fingerprint density at radius 3 is 2.00 bits per heavy atom. The van der Waals surface area contributed by atoms with Gasteiger partial charge in [-0.1, -0.05) is 35.4 Å². The summed E-state index contributed by atoms with van der Waals surface area (Å²) in [5.41, 5.74) is 0. The van der Waals surface area contributed by atoms with E-state index in [1.54, 1.807) is 0 Å². The molecular formula is C7H10F3I. The smallest absolute Gasteiger partial charge is 0.171 e. The highest BCUT2D eigenvalue weighted by Gasteiger charge is 2.44. The maximum absolute atomic E-state index is 12.2. The molecule has 0 bridgehead atoms. The summed E-state index contributed by atoms with van der Waals surface area (Å²) in [5.74, 6) is -1.04. The van der Waals surface area contributed by atoms with Crippen LogP contribution in [0.3, 0.4) is 0 Å². The fourth-order valence-corrected chi connectivity index (χ4v) is 2.66. The minimum absolute atomic E-state index is 0.193. The molecule has 1 rings (SSSR count). The monoisotopic (exact) mass is 278 g/mol. The second-order valence-electron chi connectivity index (χ2n) is 2.95. The van der Waals surface area contributed by atoms with Crippen molar-refractivity contribution in [3.8, 4) is 0 Å². The minimum atomic E-state index is -3.97. The average molecular weight is 278 g/mol. The van der Waals surface area contributed by atoms with Crippen LogP contribution in [-0.4, -0.2) is 10.1 Å². The number of halogens is 4. The second-order valence-corrected chi connectivity index (χ2v) is 4.55. The van der Waals surface area contributed by atoms with Gasteiger partial charge in [-0.15, -0.1) is 0 Å². The first-order valence-corrected chi connectivity index (χ1v) is 4.97. The van der Waals surface area contributed by atoms with Gasteiger partial charge in [-0.2, -0.15) is 13.2 Å². The maximum Gasteiger partial charge on any atom is 0.392 e. The van der Waals surface area contributed by atoms with Crippen LogP contribution in [0.1, 0.15) is 25.7 Å². The Labute approximate surface area is 77.7 Å². The van der Waals surface area contributed by atoms with E-state index < -0.39 is 12.1 Å². The molecule has 1 aliphatic rings. The Hall–Kier alpha value is 0.520. The lowest BCUT2D eigenvalue weighted by molar-refractivity contribution is -0.178. The van der Waals surface area contributed by atoms with E-state index in [1.807, 2.05) is 22.6 Å². The lowest BCUT2D eigenvalue weighted by atomic mass is 9.89. The Morgan fingerprint density at radius 2 is 1.64 bits per heavy atom. The third-order valence-corrected chi connectivity index (χ3v) is 3.59. The van der Waals surface area contributed by atoms with E-state index >= 15 is 0 Å². The molecule has 0 N–H and O–H groups in total. The van der Waals surface area contributed by atoms with Crippen LogP contribution in [0.15, 0.2) is 0 Å². The molecule has 4 heteroatoms. The zero-order valence-electron chi connectivity index (χ0n) is 5.99. The van der Waals surface area contributed by atoms with Gasteiger partial charge in [0.2, 0.25) is 0 Å². The molecule has 0 aromatic heterocycles. The summed E-state index contributed by atoms with van der Waals surface area (Å²) in [6, 6.07) is 0. The molecule has 1 saturated carbocycles. The molecule has 0 amide bonds. The summed E-state index contributed by atoms with van der Waals surface area (Å²) in [6.07, 6.45) is -1.21. The van der Waals surface area contributed by atoms with Gasteiger partial charge in [0.15, 0.2) is 0 Å². The van der Waals surface area contributed by atoms with Crippen LogP contribution in [0.5, 0.6) is 0 Å². The van der Waals surface area contributed by atoms with Crippen molar-refractivity contribution in [1.82, 2.24) is 0 Å². The molecule has 1 fully saturated rings. The number of alkyl halides is 4. The summed E-state index contributed by atoms with van der Waals surface area (Å²) in [4.78, 5) is 0. The quantitative estimate of drug-likeness (QED) is 0.469. The molecule has 66 valence electrons. The molecule has 11 heavy (non-hydrogen) atoms. The third-order valence-electron chi connectivity index (χ3n) is 2.10. The van der Waals surface area contributed by atoms with Crippen molar-refractivity contribution in [3.63, 3.8) is 0 Å². The average Bonchev–Trinajstić information content (AvgIpc) is 1.86. The minimum Gasteiger partial charge on any atom is -0.171 e. The molecule has 0 spiro atoms.